The average molecular weight is 346 g/mol. The SMILES string of the molecule is CC(C)(C)c1ccc(C(=O)OCC(=O)N2CCC[C@H](C(N)=O)C2)cc1. The first-order chi connectivity index (χ1) is 11.7. The molecule has 25 heavy (non-hydrogen) atoms. The topological polar surface area (TPSA) is 89.7 Å². The Morgan fingerprint density at radius 2 is 1.84 bits per heavy atom. The Morgan fingerprint density at radius 3 is 2.40 bits per heavy atom. The minimum Gasteiger partial charge on any atom is -0.452 e. The van der Waals surface area contributed by atoms with Gasteiger partial charge in [0, 0.05) is 13.1 Å². The summed E-state index contributed by atoms with van der Waals surface area (Å²) in [5.41, 5.74) is 6.84. The van der Waals surface area contributed by atoms with Crippen molar-refractivity contribution in [2.24, 2.45) is 11.7 Å². The van der Waals surface area contributed by atoms with Gasteiger partial charge in [-0.3, -0.25) is 9.59 Å². The lowest BCUT2D eigenvalue weighted by atomic mass is 9.87. The number of carbonyl (C=O) groups excluding carboxylic acids is 3. The van der Waals surface area contributed by atoms with Gasteiger partial charge in [0.1, 0.15) is 0 Å². The summed E-state index contributed by atoms with van der Waals surface area (Å²) in [6.07, 6.45) is 1.42. The van der Waals surface area contributed by atoms with Crippen molar-refractivity contribution in [1.29, 1.82) is 0 Å². The fourth-order valence-electron chi connectivity index (χ4n) is 2.84. The van der Waals surface area contributed by atoms with Gasteiger partial charge in [-0.1, -0.05) is 32.9 Å². The highest BCUT2D eigenvalue weighted by atomic mass is 16.5. The number of nitrogens with zero attached hydrogens (tertiary/aromatic N) is 1. The average Bonchev–Trinajstić information content (AvgIpc) is 2.58. The number of hydrogen-bond acceptors (Lipinski definition) is 4. The fourth-order valence-corrected chi connectivity index (χ4v) is 2.84. The van der Waals surface area contributed by atoms with E-state index in [0.717, 1.165) is 12.0 Å². The molecule has 136 valence electrons. The molecule has 1 aliphatic heterocycles. The normalized spacial score (nSPS) is 17.9. The van der Waals surface area contributed by atoms with E-state index in [1.54, 1.807) is 12.1 Å². The van der Waals surface area contributed by atoms with Crippen LogP contribution in [0, 0.1) is 5.92 Å². The lowest BCUT2D eigenvalue weighted by molar-refractivity contribution is -0.137. The van der Waals surface area contributed by atoms with E-state index in [0.29, 0.717) is 25.1 Å². The second-order valence-electron chi connectivity index (χ2n) is 7.48. The van der Waals surface area contributed by atoms with Gasteiger partial charge in [-0.2, -0.15) is 0 Å². The van der Waals surface area contributed by atoms with E-state index in [9.17, 15) is 14.4 Å². The van der Waals surface area contributed by atoms with Crippen LogP contribution in [0.3, 0.4) is 0 Å². The summed E-state index contributed by atoms with van der Waals surface area (Å²) < 4.78 is 5.12. The molecule has 0 aliphatic carbocycles. The van der Waals surface area contributed by atoms with Gasteiger partial charge in [0.2, 0.25) is 5.91 Å². The van der Waals surface area contributed by atoms with Gasteiger partial charge in [0.25, 0.3) is 5.91 Å². The van der Waals surface area contributed by atoms with E-state index in [2.05, 4.69) is 20.8 Å². The number of piperidine rings is 1. The maximum atomic E-state index is 12.2. The molecule has 0 aromatic heterocycles. The van der Waals surface area contributed by atoms with Gasteiger partial charge in [-0.05, 0) is 36.0 Å². The van der Waals surface area contributed by atoms with E-state index >= 15 is 0 Å². The molecule has 0 spiro atoms. The number of hydrogen-bond donors (Lipinski definition) is 1. The highest BCUT2D eigenvalue weighted by molar-refractivity contribution is 5.91. The maximum Gasteiger partial charge on any atom is 0.338 e. The predicted molar refractivity (Wildman–Crippen MR) is 93.9 cm³/mol. The second kappa shape index (κ2) is 7.68. The standard InChI is InChI=1S/C19H26N2O4/c1-19(2,3)15-8-6-13(7-9-15)18(24)25-12-16(22)21-10-4-5-14(11-21)17(20)23/h6-9,14H,4-5,10-12H2,1-3H3,(H2,20,23)/t14-/m0/s1. The Bertz CT molecular complexity index is 646. The number of amides is 2. The zero-order chi connectivity index (χ0) is 18.6. The lowest BCUT2D eigenvalue weighted by Crippen LogP contribution is -2.45. The van der Waals surface area contributed by atoms with Gasteiger partial charge in [-0.15, -0.1) is 0 Å². The number of likely N-dealkylation sites (tertiary alicyclic amines) is 1. The fraction of sp³-hybridized carbons (Fsp3) is 0.526. The van der Waals surface area contributed by atoms with Crippen molar-refractivity contribution in [3.63, 3.8) is 0 Å². The number of esters is 1. The van der Waals surface area contributed by atoms with E-state index < -0.39 is 11.9 Å². The second-order valence-corrected chi connectivity index (χ2v) is 7.48. The van der Waals surface area contributed by atoms with E-state index in [1.165, 1.54) is 4.90 Å². The van der Waals surface area contributed by atoms with Crippen LogP contribution in [0.4, 0.5) is 0 Å². The molecular weight excluding hydrogens is 320 g/mol. The Hall–Kier alpha value is -2.37. The first-order valence-corrected chi connectivity index (χ1v) is 8.53. The van der Waals surface area contributed by atoms with Crippen LogP contribution < -0.4 is 5.73 Å². The van der Waals surface area contributed by atoms with Gasteiger partial charge in [-0.25, -0.2) is 4.79 Å². The Balaban J connectivity index is 1.89. The summed E-state index contributed by atoms with van der Waals surface area (Å²) in [6.45, 7) is 6.81. The molecule has 2 N–H and O–H groups in total. The van der Waals surface area contributed by atoms with Gasteiger partial charge < -0.3 is 15.4 Å². The van der Waals surface area contributed by atoms with Crippen molar-refractivity contribution < 1.29 is 19.1 Å². The van der Waals surface area contributed by atoms with E-state index in [1.807, 2.05) is 12.1 Å². The largest absolute Gasteiger partial charge is 0.452 e. The number of primary amides is 1. The van der Waals surface area contributed by atoms with Crippen LogP contribution in [-0.4, -0.2) is 42.4 Å². The summed E-state index contributed by atoms with van der Waals surface area (Å²) in [5.74, 6) is -1.55. The third-order valence-electron chi connectivity index (χ3n) is 4.49. The molecule has 1 saturated heterocycles. The summed E-state index contributed by atoms with van der Waals surface area (Å²) in [5, 5.41) is 0. The zero-order valence-corrected chi connectivity index (χ0v) is 15.1. The molecule has 0 saturated carbocycles. The van der Waals surface area contributed by atoms with Crippen LogP contribution in [0.5, 0.6) is 0 Å². The van der Waals surface area contributed by atoms with Gasteiger partial charge in [0.05, 0.1) is 11.5 Å². The first-order valence-electron chi connectivity index (χ1n) is 8.53. The molecule has 1 heterocycles. The maximum absolute atomic E-state index is 12.2. The predicted octanol–water partition coefficient (Wildman–Crippen LogP) is 1.86. The number of ether oxygens (including phenoxy) is 1. The van der Waals surface area contributed by atoms with Crippen molar-refractivity contribution >= 4 is 17.8 Å². The highest BCUT2D eigenvalue weighted by Crippen LogP contribution is 2.22. The Morgan fingerprint density at radius 1 is 1.20 bits per heavy atom. The summed E-state index contributed by atoms with van der Waals surface area (Å²) in [6, 6.07) is 7.19. The van der Waals surface area contributed by atoms with Gasteiger partial charge in [0.15, 0.2) is 6.61 Å². The van der Waals surface area contributed by atoms with Gasteiger partial charge >= 0.3 is 5.97 Å². The molecule has 1 fully saturated rings. The van der Waals surface area contributed by atoms with Crippen LogP contribution in [0.2, 0.25) is 0 Å². The molecule has 0 bridgehead atoms. The third kappa shape index (κ3) is 5.05. The first kappa shape index (κ1) is 19.0. The van der Waals surface area contributed by atoms with Crippen molar-refractivity contribution in [2.45, 2.75) is 39.0 Å². The minimum atomic E-state index is -0.530. The smallest absolute Gasteiger partial charge is 0.338 e. The highest BCUT2D eigenvalue weighted by Gasteiger charge is 2.27. The van der Waals surface area contributed by atoms with Crippen LogP contribution in [0.15, 0.2) is 24.3 Å². The van der Waals surface area contributed by atoms with Crippen molar-refractivity contribution in [3.8, 4) is 0 Å². The summed E-state index contributed by atoms with van der Waals surface area (Å²) in [7, 11) is 0. The van der Waals surface area contributed by atoms with Crippen molar-refractivity contribution in [3.05, 3.63) is 35.4 Å². The molecular formula is C19H26N2O4. The summed E-state index contributed by atoms with van der Waals surface area (Å²) in [4.78, 5) is 37.1. The lowest BCUT2D eigenvalue weighted by Gasteiger charge is -2.31. The molecule has 1 atom stereocenters. The van der Waals surface area contributed by atoms with Crippen LogP contribution in [-0.2, 0) is 19.7 Å². The Kier molecular flexibility index (Phi) is 5.82. The van der Waals surface area contributed by atoms with E-state index in [4.69, 9.17) is 10.5 Å². The summed E-state index contributed by atoms with van der Waals surface area (Å²) >= 11 is 0. The monoisotopic (exact) mass is 346 g/mol. The molecule has 1 aliphatic rings. The van der Waals surface area contributed by atoms with Crippen LogP contribution in [0.1, 0.15) is 49.5 Å². The molecule has 0 radical (unpaired) electrons. The number of nitrogens with two attached hydrogens (primary N) is 1. The van der Waals surface area contributed by atoms with Crippen LogP contribution >= 0.6 is 0 Å². The molecule has 1 aromatic carbocycles. The van der Waals surface area contributed by atoms with Crippen molar-refractivity contribution in [1.82, 2.24) is 4.90 Å². The molecule has 0 unspecified atom stereocenters. The minimum absolute atomic E-state index is 0.00360. The van der Waals surface area contributed by atoms with Crippen molar-refractivity contribution in [2.75, 3.05) is 19.7 Å². The van der Waals surface area contributed by atoms with E-state index in [-0.39, 0.29) is 23.8 Å². The zero-order valence-electron chi connectivity index (χ0n) is 15.1. The third-order valence-corrected chi connectivity index (χ3v) is 4.49. The molecule has 2 rings (SSSR count). The molecule has 6 heteroatoms. The van der Waals surface area contributed by atoms with Crippen LogP contribution in [0.25, 0.3) is 0 Å². The molecule has 1 aromatic rings. The molecule has 2 amide bonds. The molecule has 6 nitrogen and oxygen atoms in total. The number of benzene rings is 1. The quantitative estimate of drug-likeness (QED) is 0.843. The Labute approximate surface area is 148 Å². The number of carbonyl (C=O) groups is 3. The number of rotatable bonds is 4.